The summed E-state index contributed by atoms with van der Waals surface area (Å²) < 4.78 is 22.1. The minimum Gasteiger partial charge on any atom is -0.396 e. The molecule has 0 spiro atoms. The summed E-state index contributed by atoms with van der Waals surface area (Å²) in [5.74, 6) is 0. The van der Waals surface area contributed by atoms with E-state index in [0.717, 1.165) is 24.8 Å². The standard InChI is InChI=1S/C9H12O2S.C7H8.C5H12O.C2H6/c1-3-8-4-6-9(7-5-8)12(2,10)11;1-7-5-3-2-4-6-7;1-2-3-4-5-6;1-2/h4-7H,3H2,1-2H3;2-6H,1H3;6H,2-5H2,1H3;1-2H3. The molecule has 0 aliphatic rings. The van der Waals surface area contributed by atoms with Crippen molar-refractivity contribution in [1.29, 1.82) is 0 Å². The lowest BCUT2D eigenvalue weighted by Gasteiger charge is -1.99. The first-order valence-corrected chi connectivity index (χ1v) is 11.7. The van der Waals surface area contributed by atoms with E-state index < -0.39 is 9.84 Å². The predicted molar refractivity (Wildman–Crippen MR) is 118 cm³/mol. The molecule has 0 saturated heterocycles. The Morgan fingerprint density at radius 1 is 0.852 bits per heavy atom. The van der Waals surface area contributed by atoms with Crippen molar-refractivity contribution in [3.63, 3.8) is 0 Å². The fourth-order valence-corrected chi connectivity index (χ4v) is 2.50. The van der Waals surface area contributed by atoms with Gasteiger partial charge in [-0.2, -0.15) is 0 Å². The van der Waals surface area contributed by atoms with E-state index >= 15 is 0 Å². The third kappa shape index (κ3) is 16.3. The molecule has 0 atom stereocenters. The second-order valence-corrected chi connectivity index (χ2v) is 7.87. The Morgan fingerprint density at radius 2 is 1.37 bits per heavy atom. The molecule has 2 aromatic rings. The van der Waals surface area contributed by atoms with Crippen LogP contribution in [-0.2, 0) is 16.3 Å². The van der Waals surface area contributed by atoms with Crippen molar-refractivity contribution in [3.8, 4) is 0 Å². The Balaban J connectivity index is 0. The van der Waals surface area contributed by atoms with E-state index in [2.05, 4.69) is 26.0 Å². The molecule has 2 rings (SSSR count). The normalized spacial score (nSPS) is 9.59. The zero-order valence-corrected chi connectivity index (χ0v) is 18.7. The van der Waals surface area contributed by atoms with Gasteiger partial charge in [-0.1, -0.05) is 88.6 Å². The molecule has 3 nitrogen and oxygen atoms in total. The Kier molecular flexibility index (Phi) is 18.1. The van der Waals surface area contributed by atoms with Gasteiger partial charge in [-0.3, -0.25) is 0 Å². The molecular weight excluding hydrogens is 356 g/mol. The van der Waals surface area contributed by atoms with E-state index in [9.17, 15) is 8.42 Å². The number of sulfone groups is 1. The molecule has 4 heteroatoms. The molecular formula is C23H38O3S. The molecule has 154 valence electrons. The monoisotopic (exact) mass is 394 g/mol. The lowest BCUT2D eigenvalue weighted by Crippen LogP contribution is -1.96. The van der Waals surface area contributed by atoms with Gasteiger partial charge >= 0.3 is 0 Å². The van der Waals surface area contributed by atoms with Crippen LogP contribution in [0.2, 0.25) is 0 Å². The number of unbranched alkanes of at least 4 members (excludes halogenated alkanes) is 2. The molecule has 1 N–H and O–H groups in total. The van der Waals surface area contributed by atoms with Gasteiger partial charge in [0.1, 0.15) is 0 Å². The smallest absolute Gasteiger partial charge is 0.175 e. The van der Waals surface area contributed by atoms with Gasteiger partial charge in [0, 0.05) is 12.9 Å². The molecule has 0 aliphatic heterocycles. The molecule has 0 heterocycles. The van der Waals surface area contributed by atoms with Crippen LogP contribution in [-0.4, -0.2) is 26.4 Å². The van der Waals surface area contributed by atoms with Crippen LogP contribution in [0.4, 0.5) is 0 Å². The van der Waals surface area contributed by atoms with Crippen LogP contribution in [0.3, 0.4) is 0 Å². The van der Waals surface area contributed by atoms with E-state index in [0.29, 0.717) is 11.5 Å². The lowest BCUT2D eigenvalue weighted by atomic mass is 10.2. The van der Waals surface area contributed by atoms with E-state index in [4.69, 9.17) is 5.11 Å². The number of rotatable bonds is 5. The molecule has 2 aromatic carbocycles. The van der Waals surface area contributed by atoms with Gasteiger partial charge in [0.05, 0.1) is 4.90 Å². The van der Waals surface area contributed by atoms with E-state index in [-0.39, 0.29) is 0 Å². The Morgan fingerprint density at radius 3 is 1.63 bits per heavy atom. The molecule has 0 bridgehead atoms. The largest absolute Gasteiger partial charge is 0.396 e. The van der Waals surface area contributed by atoms with Gasteiger partial charge in [0.25, 0.3) is 0 Å². The summed E-state index contributed by atoms with van der Waals surface area (Å²) in [4.78, 5) is 0.389. The number of aliphatic hydroxyl groups is 1. The number of hydrogen-bond donors (Lipinski definition) is 1. The highest BCUT2D eigenvalue weighted by Gasteiger charge is 2.04. The Labute approximate surface area is 167 Å². The number of aliphatic hydroxyl groups excluding tert-OH is 1. The first-order chi connectivity index (χ1) is 12.8. The first-order valence-electron chi connectivity index (χ1n) is 9.76. The van der Waals surface area contributed by atoms with Crippen molar-refractivity contribution in [2.24, 2.45) is 0 Å². The summed E-state index contributed by atoms with van der Waals surface area (Å²) in [7, 11) is -3.03. The molecule has 0 radical (unpaired) electrons. The molecule has 0 aromatic heterocycles. The zero-order chi connectivity index (χ0) is 21.1. The number of hydrogen-bond acceptors (Lipinski definition) is 3. The van der Waals surface area contributed by atoms with Crippen molar-refractivity contribution in [3.05, 3.63) is 65.7 Å². The van der Waals surface area contributed by atoms with Crippen LogP contribution >= 0.6 is 0 Å². The Hall–Kier alpha value is -1.65. The van der Waals surface area contributed by atoms with Crippen molar-refractivity contribution in [2.75, 3.05) is 12.9 Å². The summed E-state index contributed by atoms with van der Waals surface area (Å²) >= 11 is 0. The number of aryl methyl sites for hydroxylation is 2. The molecule has 27 heavy (non-hydrogen) atoms. The molecule has 0 fully saturated rings. The summed E-state index contributed by atoms with van der Waals surface area (Å²) in [5.41, 5.74) is 2.48. The summed E-state index contributed by atoms with van der Waals surface area (Å²) in [6, 6.07) is 17.2. The quantitative estimate of drug-likeness (QED) is 0.648. The Bertz CT molecular complexity index is 644. The predicted octanol–water partition coefficient (Wildman–Crippen LogP) is 5.84. The van der Waals surface area contributed by atoms with Crippen molar-refractivity contribution >= 4 is 9.84 Å². The maximum Gasteiger partial charge on any atom is 0.175 e. The van der Waals surface area contributed by atoms with Gasteiger partial charge in [-0.15, -0.1) is 0 Å². The second kappa shape index (κ2) is 17.7. The summed E-state index contributed by atoms with van der Waals surface area (Å²) in [5, 5.41) is 8.20. The fraction of sp³-hybridized carbons (Fsp3) is 0.478. The van der Waals surface area contributed by atoms with Crippen LogP contribution in [0.1, 0.15) is 58.1 Å². The van der Waals surface area contributed by atoms with Crippen molar-refractivity contribution < 1.29 is 13.5 Å². The zero-order valence-electron chi connectivity index (χ0n) is 17.9. The molecule has 0 amide bonds. The lowest BCUT2D eigenvalue weighted by molar-refractivity contribution is 0.284. The van der Waals surface area contributed by atoms with Crippen molar-refractivity contribution in [2.45, 2.75) is 65.2 Å². The van der Waals surface area contributed by atoms with Gasteiger partial charge < -0.3 is 5.11 Å². The van der Waals surface area contributed by atoms with Crippen LogP contribution < -0.4 is 0 Å². The molecule has 0 unspecified atom stereocenters. The summed E-state index contributed by atoms with van der Waals surface area (Å²) in [6.07, 6.45) is 5.48. The highest BCUT2D eigenvalue weighted by atomic mass is 32.2. The average molecular weight is 395 g/mol. The molecule has 0 saturated carbocycles. The minimum atomic E-state index is -3.03. The highest BCUT2D eigenvalue weighted by molar-refractivity contribution is 7.90. The van der Waals surface area contributed by atoms with Crippen LogP contribution in [0.25, 0.3) is 0 Å². The fourth-order valence-electron chi connectivity index (χ4n) is 1.87. The van der Waals surface area contributed by atoms with Crippen LogP contribution in [0.15, 0.2) is 59.5 Å². The third-order valence-corrected chi connectivity index (χ3v) is 4.59. The first kappa shape index (κ1) is 27.6. The maximum absolute atomic E-state index is 11.0. The van der Waals surface area contributed by atoms with Gasteiger partial charge in [-0.25, -0.2) is 8.42 Å². The third-order valence-electron chi connectivity index (χ3n) is 3.46. The van der Waals surface area contributed by atoms with E-state index in [1.807, 2.05) is 51.1 Å². The number of benzene rings is 2. The van der Waals surface area contributed by atoms with Gasteiger partial charge in [0.15, 0.2) is 9.84 Å². The second-order valence-electron chi connectivity index (χ2n) is 5.86. The van der Waals surface area contributed by atoms with Crippen molar-refractivity contribution in [1.82, 2.24) is 0 Å². The van der Waals surface area contributed by atoms with Crippen LogP contribution in [0.5, 0.6) is 0 Å². The summed E-state index contributed by atoms with van der Waals surface area (Å²) in [6.45, 7) is 10.6. The molecule has 0 aliphatic carbocycles. The highest BCUT2D eigenvalue weighted by Crippen LogP contribution is 2.10. The average Bonchev–Trinajstić information content (AvgIpc) is 2.69. The van der Waals surface area contributed by atoms with Gasteiger partial charge in [0.2, 0.25) is 0 Å². The van der Waals surface area contributed by atoms with Gasteiger partial charge in [-0.05, 0) is 37.5 Å². The van der Waals surface area contributed by atoms with Crippen LogP contribution in [0, 0.1) is 6.92 Å². The van der Waals surface area contributed by atoms with E-state index in [1.54, 1.807) is 12.1 Å². The maximum atomic E-state index is 11.0. The minimum absolute atomic E-state index is 0.355. The SMILES string of the molecule is CC.CCCCCO.CCc1ccc(S(C)(=O)=O)cc1.Cc1ccccc1. The topological polar surface area (TPSA) is 54.4 Å². The van der Waals surface area contributed by atoms with E-state index in [1.165, 1.54) is 18.2 Å².